The largest absolute Gasteiger partial charge is 0.493 e. The summed E-state index contributed by atoms with van der Waals surface area (Å²) >= 11 is 0. The number of benzene rings is 1. The Morgan fingerprint density at radius 3 is 2.65 bits per heavy atom. The van der Waals surface area contributed by atoms with Crippen LogP contribution in [0.4, 0.5) is 0 Å². The smallest absolute Gasteiger partial charge is 0.191 e. The monoisotopic (exact) mass is 315 g/mol. The molecular formula is C18H25N3O2. The first-order valence-corrected chi connectivity index (χ1v) is 8.02. The molecule has 0 atom stereocenters. The number of nitrogens with two attached hydrogens (primary N) is 1. The fourth-order valence-electron chi connectivity index (χ4n) is 2.62. The van der Waals surface area contributed by atoms with Crippen LogP contribution in [0.15, 0.2) is 23.2 Å². The Balaban J connectivity index is 2.03. The maximum Gasteiger partial charge on any atom is 0.191 e. The highest BCUT2D eigenvalue weighted by atomic mass is 16.5. The third-order valence-electron chi connectivity index (χ3n) is 3.89. The molecule has 5 nitrogen and oxygen atoms in total. The number of nitrogens with zero attached hydrogens (tertiary/aromatic N) is 2. The average Bonchev–Trinajstić information content (AvgIpc) is 2.87. The number of aliphatic imine (C=N–C) groups is 1. The summed E-state index contributed by atoms with van der Waals surface area (Å²) in [6, 6.07) is 5.72. The van der Waals surface area contributed by atoms with Crippen molar-refractivity contribution in [3.63, 3.8) is 0 Å². The molecule has 1 aromatic carbocycles. The van der Waals surface area contributed by atoms with Gasteiger partial charge in [0.2, 0.25) is 0 Å². The number of hydrogen-bond donors (Lipinski definition) is 1. The molecule has 0 unspecified atom stereocenters. The quantitative estimate of drug-likeness (QED) is 0.515. The minimum absolute atomic E-state index is 0.207. The number of guanidine groups is 1. The maximum atomic E-state index is 6.13. The van der Waals surface area contributed by atoms with Gasteiger partial charge in [-0.3, -0.25) is 0 Å². The summed E-state index contributed by atoms with van der Waals surface area (Å²) < 4.78 is 10.8. The van der Waals surface area contributed by atoms with E-state index in [0.29, 0.717) is 24.0 Å². The predicted molar refractivity (Wildman–Crippen MR) is 92.7 cm³/mol. The van der Waals surface area contributed by atoms with Gasteiger partial charge in [0.25, 0.3) is 0 Å². The van der Waals surface area contributed by atoms with E-state index in [1.165, 1.54) is 25.7 Å². The molecule has 1 aliphatic rings. The van der Waals surface area contributed by atoms with Crippen LogP contribution >= 0.6 is 0 Å². The van der Waals surface area contributed by atoms with Crippen molar-refractivity contribution in [2.24, 2.45) is 10.7 Å². The summed E-state index contributed by atoms with van der Waals surface area (Å²) in [6.45, 7) is 2.71. The first-order valence-electron chi connectivity index (χ1n) is 8.02. The van der Waals surface area contributed by atoms with Crippen molar-refractivity contribution in [1.82, 2.24) is 4.90 Å². The lowest BCUT2D eigenvalue weighted by Crippen LogP contribution is -2.38. The minimum atomic E-state index is 0.207. The molecule has 1 heterocycles. The van der Waals surface area contributed by atoms with Gasteiger partial charge < -0.3 is 20.1 Å². The summed E-state index contributed by atoms with van der Waals surface area (Å²) in [5.74, 6) is 4.37. The molecular weight excluding hydrogens is 290 g/mol. The fourth-order valence-corrected chi connectivity index (χ4v) is 2.62. The fraction of sp³-hybridized carbons (Fsp3) is 0.500. The first-order chi connectivity index (χ1) is 11.2. The van der Waals surface area contributed by atoms with Gasteiger partial charge in [0.05, 0.1) is 13.7 Å². The molecule has 0 bridgehead atoms. The van der Waals surface area contributed by atoms with Crippen molar-refractivity contribution in [2.45, 2.75) is 32.2 Å². The van der Waals surface area contributed by atoms with Gasteiger partial charge in [0.15, 0.2) is 17.5 Å². The van der Waals surface area contributed by atoms with Crippen molar-refractivity contribution >= 4 is 5.96 Å². The zero-order valence-electron chi connectivity index (χ0n) is 13.8. The number of likely N-dealkylation sites (tertiary alicyclic amines) is 1. The van der Waals surface area contributed by atoms with Crippen LogP contribution in [0, 0.1) is 12.3 Å². The van der Waals surface area contributed by atoms with E-state index in [0.717, 1.165) is 18.7 Å². The van der Waals surface area contributed by atoms with E-state index >= 15 is 0 Å². The van der Waals surface area contributed by atoms with E-state index < -0.39 is 0 Å². The highest BCUT2D eigenvalue weighted by molar-refractivity contribution is 5.78. The third-order valence-corrected chi connectivity index (χ3v) is 3.89. The molecule has 2 rings (SSSR count). The first kappa shape index (κ1) is 17.0. The summed E-state index contributed by atoms with van der Waals surface area (Å²) in [5, 5.41) is 0. The van der Waals surface area contributed by atoms with Gasteiger partial charge in [-0.1, -0.05) is 24.8 Å². The van der Waals surface area contributed by atoms with E-state index in [1.54, 1.807) is 7.11 Å². The van der Waals surface area contributed by atoms with Crippen LogP contribution in [0.2, 0.25) is 0 Å². The van der Waals surface area contributed by atoms with E-state index in [-0.39, 0.29) is 6.61 Å². The topological polar surface area (TPSA) is 60.1 Å². The van der Waals surface area contributed by atoms with Crippen molar-refractivity contribution in [3.05, 3.63) is 23.8 Å². The number of terminal acetylenes is 1. The normalized spacial score (nSPS) is 15.7. The van der Waals surface area contributed by atoms with Crippen LogP contribution in [-0.4, -0.2) is 37.7 Å². The zero-order chi connectivity index (χ0) is 16.5. The van der Waals surface area contributed by atoms with Gasteiger partial charge in [0.1, 0.15) is 6.61 Å². The SMILES string of the molecule is C#CCOc1cc(CN=C(N)N2CCCCCC2)ccc1OC. The summed E-state index contributed by atoms with van der Waals surface area (Å²) in [5.41, 5.74) is 7.14. The molecule has 5 heteroatoms. The van der Waals surface area contributed by atoms with Crippen molar-refractivity contribution in [2.75, 3.05) is 26.8 Å². The van der Waals surface area contributed by atoms with Gasteiger partial charge in [-0.2, -0.15) is 0 Å². The molecule has 1 aliphatic heterocycles. The Kier molecular flexibility index (Phi) is 6.61. The van der Waals surface area contributed by atoms with Crippen LogP contribution < -0.4 is 15.2 Å². The van der Waals surface area contributed by atoms with Gasteiger partial charge in [-0.25, -0.2) is 4.99 Å². The third kappa shape index (κ3) is 5.10. The van der Waals surface area contributed by atoms with Crippen LogP contribution in [0.5, 0.6) is 11.5 Å². The Bertz CT molecular complexity index is 570. The van der Waals surface area contributed by atoms with E-state index in [1.807, 2.05) is 18.2 Å². The van der Waals surface area contributed by atoms with Gasteiger partial charge in [-0.15, -0.1) is 6.42 Å². The summed E-state index contributed by atoms with van der Waals surface area (Å²) in [6.07, 6.45) is 10.2. The molecule has 0 spiro atoms. The van der Waals surface area contributed by atoms with Gasteiger partial charge >= 0.3 is 0 Å². The van der Waals surface area contributed by atoms with Crippen LogP contribution in [0.25, 0.3) is 0 Å². The number of ether oxygens (including phenoxy) is 2. The number of methoxy groups -OCH3 is 1. The van der Waals surface area contributed by atoms with E-state index in [2.05, 4.69) is 15.8 Å². The second-order valence-electron chi connectivity index (χ2n) is 5.55. The molecule has 1 saturated heterocycles. The lowest BCUT2D eigenvalue weighted by Gasteiger charge is -2.21. The summed E-state index contributed by atoms with van der Waals surface area (Å²) in [4.78, 5) is 6.69. The highest BCUT2D eigenvalue weighted by Crippen LogP contribution is 2.28. The average molecular weight is 315 g/mol. The number of hydrogen-bond acceptors (Lipinski definition) is 3. The van der Waals surface area contributed by atoms with E-state index in [4.69, 9.17) is 21.6 Å². The molecule has 0 amide bonds. The van der Waals surface area contributed by atoms with Crippen LogP contribution in [-0.2, 0) is 6.54 Å². The molecule has 0 aliphatic carbocycles. The molecule has 1 aromatic rings. The molecule has 0 radical (unpaired) electrons. The Hall–Kier alpha value is -2.35. The van der Waals surface area contributed by atoms with Gasteiger partial charge in [0, 0.05) is 13.1 Å². The number of rotatable bonds is 5. The summed E-state index contributed by atoms with van der Waals surface area (Å²) in [7, 11) is 1.60. The minimum Gasteiger partial charge on any atom is -0.493 e. The molecule has 0 saturated carbocycles. The second kappa shape index (κ2) is 8.94. The van der Waals surface area contributed by atoms with Crippen molar-refractivity contribution in [1.29, 1.82) is 0 Å². The lowest BCUT2D eigenvalue weighted by atomic mass is 10.2. The Labute approximate surface area is 138 Å². The second-order valence-corrected chi connectivity index (χ2v) is 5.55. The molecule has 124 valence electrons. The predicted octanol–water partition coefficient (Wildman–Crippen LogP) is 2.40. The van der Waals surface area contributed by atoms with Crippen molar-refractivity contribution in [3.8, 4) is 23.8 Å². The highest BCUT2D eigenvalue weighted by Gasteiger charge is 2.11. The van der Waals surface area contributed by atoms with Crippen LogP contribution in [0.1, 0.15) is 31.2 Å². The maximum absolute atomic E-state index is 6.13. The van der Waals surface area contributed by atoms with Crippen molar-refractivity contribution < 1.29 is 9.47 Å². The molecule has 23 heavy (non-hydrogen) atoms. The Morgan fingerprint density at radius 2 is 2.00 bits per heavy atom. The Morgan fingerprint density at radius 1 is 1.26 bits per heavy atom. The van der Waals surface area contributed by atoms with E-state index in [9.17, 15) is 0 Å². The standard InChI is InChI=1S/C18H25N3O2/c1-3-12-23-17-13-15(8-9-16(17)22-2)14-20-18(19)21-10-6-4-5-7-11-21/h1,8-9,13H,4-7,10-12,14H2,2H3,(H2,19,20). The molecule has 2 N–H and O–H groups in total. The zero-order valence-corrected chi connectivity index (χ0v) is 13.8. The van der Waals surface area contributed by atoms with Crippen LogP contribution in [0.3, 0.4) is 0 Å². The van der Waals surface area contributed by atoms with Gasteiger partial charge in [-0.05, 0) is 30.5 Å². The lowest BCUT2D eigenvalue weighted by molar-refractivity contribution is 0.330. The molecule has 1 fully saturated rings. The molecule has 0 aromatic heterocycles.